The molecule has 2 aromatic rings. The summed E-state index contributed by atoms with van der Waals surface area (Å²) in [7, 11) is 0. The molecule has 25 heavy (non-hydrogen) atoms. The number of nitrogens with two attached hydrogens (primary N) is 1. The number of aryl methyl sites for hydroxylation is 1. The van der Waals surface area contributed by atoms with Gasteiger partial charge in [-0.15, -0.1) is 0 Å². The molecule has 3 N–H and O–H groups in total. The minimum absolute atomic E-state index is 0.0320. The lowest BCUT2D eigenvalue weighted by atomic mass is 10.1. The van der Waals surface area contributed by atoms with Crippen LogP contribution in [0.5, 0.6) is 5.75 Å². The van der Waals surface area contributed by atoms with Gasteiger partial charge in [0.2, 0.25) is 5.91 Å². The number of carbonyl (C=O) groups excluding carboxylic acids is 1. The lowest BCUT2D eigenvalue weighted by Gasteiger charge is -2.15. The first-order valence-electron chi connectivity index (χ1n) is 8.77. The van der Waals surface area contributed by atoms with E-state index < -0.39 is 0 Å². The largest absolute Gasteiger partial charge is 0.489 e. The molecule has 0 aliphatic carbocycles. The first-order chi connectivity index (χ1) is 11.9. The van der Waals surface area contributed by atoms with Crippen LogP contribution in [-0.2, 0) is 11.4 Å². The van der Waals surface area contributed by atoms with Crippen molar-refractivity contribution in [3.05, 3.63) is 65.2 Å². The Morgan fingerprint density at radius 3 is 2.52 bits per heavy atom. The Kier molecular flexibility index (Phi) is 7.02. The predicted octanol–water partition coefficient (Wildman–Crippen LogP) is 3.88. The second-order valence-electron chi connectivity index (χ2n) is 6.65. The van der Waals surface area contributed by atoms with Gasteiger partial charge in [0.1, 0.15) is 12.4 Å². The van der Waals surface area contributed by atoms with Crippen LogP contribution in [0.2, 0.25) is 0 Å². The van der Waals surface area contributed by atoms with E-state index >= 15 is 0 Å². The predicted molar refractivity (Wildman–Crippen MR) is 101 cm³/mol. The van der Waals surface area contributed by atoms with E-state index in [4.69, 9.17) is 10.5 Å². The van der Waals surface area contributed by atoms with Crippen molar-refractivity contribution >= 4 is 5.91 Å². The summed E-state index contributed by atoms with van der Waals surface area (Å²) < 4.78 is 5.83. The minimum Gasteiger partial charge on any atom is -0.489 e. The summed E-state index contributed by atoms with van der Waals surface area (Å²) in [6.07, 6.45) is 1.16. The molecule has 0 fully saturated rings. The van der Waals surface area contributed by atoms with Gasteiger partial charge in [0.25, 0.3) is 0 Å². The quantitative estimate of drug-likeness (QED) is 0.766. The van der Waals surface area contributed by atoms with Crippen LogP contribution < -0.4 is 15.8 Å². The van der Waals surface area contributed by atoms with Gasteiger partial charge in [0.15, 0.2) is 0 Å². The van der Waals surface area contributed by atoms with Crippen molar-refractivity contribution < 1.29 is 9.53 Å². The molecule has 0 aliphatic heterocycles. The van der Waals surface area contributed by atoms with Gasteiger partial charge < -0.3 is 15.8 Å². The summed E-state index contributed by atoms with van der Waals surface area (Å²) in [6, 6.07) is 16.2. The Hall–Kier alpha value is -2.33. The lowest BCUT2D eigenvalue weighted by molar-refractivity contribution is -0.121. The lowest BCUT2D eigenvalue weighted by Crippen LogP contribution is -2.28. The van der Waals surface area contributed by atoms with Crippen molar-refractivity contribution in [2.75, 3.05) is 0 Å². The first-order valence-corrected chi connectivity index (χ1v) is 8.77. The van der Waals surface area contributed by atoms with E-state index in [2.05, 4.69) is 30.4 Å². The van der Waals surface area contributed by atoms with E-state index in [0.29, 0.717) is 19.4 Å². The van der Waals surface area contributed by atoms with Gasteiger partial charge in [0.05, 0.1) is 6.04 Å². The monoisotopic (exact) mass is 340 g/mol. The third-order valence-corrected chi connectivity index (χ3v) is 4.07. The maximum atomic E-state index is 11.9. The smallest absolute Gasteiger partial charge is 0.220 e. The van der Waals surface area contributed by atoms with E-state index in [1.807, 2.05) is 44.2 Å². The number of ether oxygens (including phenoxy) is 1. The summed E-state index contributed by atoms with van der Waals surface area (Å²) in [6.45, 7) is 6.51. The van der Waals surface area contributed by atoms with E-state index in [9.17, 15) is 4.79 Å². The van der Waals surface area contributed by atoms with Crippen molar-refractivity contribution in [2.24, 2.45) is 5.73 Å². The number of rotatable bonds is 8. The van der Waals surface area contributed by atoms with Crippen LogP contribution in [0.1, 0.15) is 49.4 Å². The number of carbonyl (C=O) groups is 1. The number of benzene rings is 2. The fraction of sp³-hybridized carbons (Fsp3) is 0.381. The summed E-state index contributed by atoms with van der Waals surface area (Å²) in [5, 5.41) is 3.00. The number of amides is 1. The Balaban J connectivity index is 1.85. The normalized spacial score (nSPS) is 13.1. The zero-order valence-corrected chi connectivity index (χ0v) is 15.3. The standard InChI is InChI=1S/C21H28N2O2/c1-15-5-4-6-18(13-15)14-25-20-10-8-19(9-11-20)17(3)23-21(24)12-7-16(2)22/h4-6,8-11,13,16-17H,7,12,14,22H2,1-3H3,(H,23,24). The molecule has 0 radical (unpaired) electrons. The van der Waals surface area contributed by atoms with Crippen LogP contribution in [0.4, 0.5) is 0 Å². The molecule has 0 heterocycles. The zero-order chi connectivity index (χ0) is 18.2. The molecule has 0 aromatic heterocycles. The first kappa shape index (κ1) is 19.0. The van der Waals surface area contributed by atoms with Crippen molar-refractivity contribution in [2.45, 2.75) is 52.3 Å². The number of hydrogen-bond acceptors (Lipinski definition) is 3. The molecule has 2 unspecified atom stereocenters. The third kappa shape index (κ3) is 6.59. The highest BCUT2D eigenvalue weighted by atomic mass is 16.5. The SMILES string of the molecule is Cc1cccc(COc2ccc(C(C)NC(=O)CCC(C)N)cc2)c1. The topological polar surface area (TPSA) is 64.3 Å². The van der Waals surface area contributed by atoms with Crippen LogP contribution in [0.25, 0.3) is 0 Å². The molecule has 2 atom stereocenters. The molecule has 0 saturated heterocycles. The summed E-state index contributed by atoms with van der Waals surface area (Å²) in [5.41, 5.74) is 9.12. The second kappa shape index (κ2) is 9.23. The number of nitrogens with one attached hydrogen (secondary N) is 1. The Morgan fingerprint density at radius 2 is 1.88 bits per heavy atom. The highest BCUT2D eigenvalue weighted by molar-refractivity contribution is 5.76. The van der Waals surface area contributed by atoms with Crippen LogP contribution >= 0.6 is 0 Å². The fourth-order valence-corrected chi connectivity index (χ4v) is 2.58. The highest BCUT2D eigenvalue weighted by Gasteiger charge is 2.10. The average molecular weight is 340 g/mol. The van der Waals surface area contributed by atoms with Gasteiger partial charge in [0, 0.05) is 12.5 Å². The molecular weight excluding hydrogens is 312 g/mol. The van der Waals surface area contributed by atoms with Crippen LogP contribution in [-0.4, -0.2) is 11.9 Å². The molecule has 1 amide bonds. The molecule has 4 heteroatoms. The van der Waals surface area contributed by atoms with Crippen molar-refractivity contribution in [3.8, 4) is 5.75 Å². The van der Waals surface area contributed by atoms with Crippen molar-refractivity contribution in [3.63, 3.8) is 0 Å². The van der Waals surface area contributed by atoms with Crippen molar-refractivity contribution in [1.29, 1.82) is 0 Å². The molecule has 0 saturated carbocycles. The van der Waals surface area contributed by atoms with Crippen LogP contribution in [0.3, 0.4) is 0 Å². The Labute approximate surface area is 150 Å². The highest BCUT2D eigenvalue weighted by Crippen LogP contribution is 2.19. The molecule has 2 rings (SSSR count). The molecular formula is C21H28N2O2. The molecule has 2 aromatic carbocycles. The van der Waals surface area contributed by atoms with Gasteiger partial charge in [-0.05, 0) is 50.5 Å². The van der Waals surface area contributed by atoms with Gasteiger partial charge in [-0.3, -0.25) is 4.79 Å². The Morgan fingerprint density at radius 1 is 1.16 bits per heavy atom. The molecule has 134 valence electrons. The van der Waals surface area contributed by atoms with E-state index in [0.717, 1.165) is 16.9 Å². The van der Waals surface area contributed by atoms with Crippen molar-refractivity contribution in [1.82, 2.24) is 5.32 Å². The zero-order valence-electron chi connectivity index (χ0n) is 15.3. The summed E-state index contributed by atoms with van der Waals surface area (Å²) in [5.74, 6) is 0.852. The summed E-state index contributed by atoms with van der Waals surface area (Å²) in [4.78, 5) is 11.9. The number of hydrogen-bond donors (Lipinski definition) is 2. The molecule has 0 spiro atoms. The van der Waals surface area contributed by atoms with Crippen LogP contribution in [0.15, 0.2) is 48.5 Å². The third-order valence-electron chi connectivity index (χ3n) is 4.07. The molecule has 0 aliphatic rings. The van der Waals surface area contributed by atoms with E-state index in [-0.39, 0.29) is 18.0 Å². The summed E-state index contributed by atoms with van der Waals surface area (Å²) >= 11 is 0. The average Bonchev–Trinajstić information content (AvgIpc) is 2.58. The molecule has 4 nitrogen and oxygen atoms in total. The van der Waals surface area contributed by atoms with E-state index in [1.54, 1.807) is 0 Å². The van der Waals surface area contributed by atoms with Gasteiger partial charge in [-0.2, -0.15) is 0 Å². The van der Waals surface area contributed by atoms with Gasteiger partial charge >= 0.3 is 0 Å². The van der Waals surface area contributed by atoms with Gasteiger partial charge in [-0.25, -0.2) is 0 Å². The van der Waals surface area contributed by atoms with Crippen LogP contribution in [0, 0.1) is 6.92 Å². The minimum atomic E-state index is -0.0357. The Bertz CT molecular complexity index is 681. The molecule has 0 bridgehead atoms. The fourth-order valence-electron chi connectivity index (χ4n) is 2.58. The van der Waals surface area contributed by atoms with E-state index in [1.165, 1.54) is 5.56 Å². The maximum Gasteiger partial charge on any atom is 0.220 e. The maximum absolute atomic E-state index is 11.9. The second-order valence-corrected chi connectivity index (χ2v) is 6.65. The van der Waals surface area contributed by atoms with Gasteiger partial charge in [-0.1, -0.05) is 42.0 Å².